The third-order valence-electron chi connectivity index (χ3n) is 3.80. The molecular formula is C15H21FN2O2. The first-order valence-corrected chi connectivity index (χ1v) is 7.02. The summed E-state index contributed by atoms with van der Waals surface area (Å²) in [5, 5.41) is 10.3. The van der Waals surface area contributed by atoms with Gasteiger partial charge in [0, 0.05) is 0 Å². The molecule has 110 valence electrons. The minimum Gasteiger partial charge on any atom is -0.389 e. The SMILES string of the molecule is Cc1cc(F)ccc1NNC(=O)CC1(O)CCCCC1. The molecule has 0 bridgehead atoms. The molecule has 1 aliphatic rings. The molecule has 3 N–H and O–H groups in total. The summed E-state index contributed by atoms with van der Waals surface area (Å²) >= 11 is 0. The van der Waals surface area contributed by atoms with Crippen LogP contribution in [0.3, 0.4) is 0 Å². The second-order valence-electron chi connectivity index (χ2n) is 5.59. The molecule has 0 saturated heterocycles. The first-order valence-electron chi connectivity index (χ1n) is 7.02. The van der Waals surface area contributed by atoms with Crippen molar-refractivity contribution >= 4 is 11.6 Å². The van der Waals surface area contributed by atoms with E-state index in [2.05, 4.69) is 10.9 Å². The van der Waals surface area contributed by atoms with Gasteiger partial charge in [-0.1, -0.05) is 19.3 Å². The molecule has 0 spiro atoms. The van der Waals surface area contributed by atoms with Gasteiger partial charge in [-0.15, -0.1) is 0 Å². The van der Waals surface area contributed by atoms with Crippen molar-refractivity contribution in [2.24, 2.45) is 0 Å². The topological polar surface area (TPSA) is 61.4 Å². The number of carbonyl (C=O) groups excluding carboxylic acids is 1. The summed E-state index contributed by atoms with van der Waals surface area (Å²) in [6.07, 6.45) is 4.51. The van der Waals surface area contributed by atoms with Crippen LogP contribution >= 0.6 is 0 Å². The van der Waals surface area contributed by atoms with Crippen molar-refractivity contribution in [1.82, 2.24) is 5.43 Å². The summed E-state index contributed by atoms with van der Waals surface area (Å²) in [6, 6.07) is 4.29. The summed E-state index contributed by atoms with van der Waals surface area (Å²) in [6.45, 7) is 1.76. The number of aliphatic hydroxyl groups is 1. The van der Waals surface area contributed by atoms with E-state index in [-0.39, 0.29) is 18.1 Å². The number of anilines is 1. The quantitative estimate of drug-likeness (QED) is 0.743. The second-order valence-corrected chi connectivity index (χ2v) is 5.59. The van der Waals surface area contributed by atoms with Gasteiger partial charge in [-0.3, -0.25) is 15.6 Å². The van der Waals surface area contributed by atoms with E-state index in [1.807, 2.05) is 0 Å². The molecule has 0 radical (unpaired) electrons. The lowest BCUT2D eigenvalue weighted by atomic mass is 9.82. The average Bonchev–Trinajstić information content (AvgIpc) is 2.38. The van der Waals surface area contributed by atoms with Crippen LogP contribution in [0.1, 0.15) is 44.1 Å². The van der Waals surface area contributed by atoms with Gasteiger partial charge in [0.2, 0.25) is 5.91 Å². The first-order chi connectivity index (χ1) is 9.48. The lowest BCUT2D eigenvalue weighted by Crippen LogP contribution is -2.40. The number of hydrogen-bond donors (Lipinski definition) is 3. The normalized spacial score (nSPS) is 17.6. The zero-order valence-corrected chi connectivity index (χ0v) is 11.7. The van der Waals surface area contributed by atoms with Crippen LogP contribution in [0.25, 0.3) is 0 Å². The highest BCUT2D eigenvalue weighted by atomic mass is 19.1. The van der Waals surface area contributed by atoms with Crippen molar-refractivity contribution < 1.29 is 14.3 Å². The van der Waals surface area contributed by atoms with Crippen LogP contribution < -0.4 is 10.9 Å². The van der Waals surface area contributed by atoms with Gasteiger partial charge < -0.3 is 5.11 Å². The van der Waals surface area contributed by atoms with E-state index in [1.165, 1.54) is 12.1 Å². The number of rotatable bonds is 4. The Morgan fingerprint density at radius 2 is 2.05 bits per heavy atom. The van der Waals surface area contributed by atoms with Gasteiger partial charge in [0.05, 0.1) is 17.7 Å². The van der Waals surface area contributed by atoms with E-state index in [4.69, 9.17) is 0 Å². The van der Waals surface area contributed by atoms with Crippen molar-refractivity contribution in [3.8, 4) is 0 Å². The second kappa shape index (κ2) is 6.22. The Balaban J connectivity index is 1.85. The van der Waals surface area contributed by atoms with Crippen LogP contribution in [-0.2, 0) is 4.79 Å². The Hall–Kier alpha value is -1.62. The molecule has 4 nitrogen and oxygen atoms in total. The monoisotopic (exact) mass is 280 g/mol. The van der Waals surface area contributed by atoms with Crippen LogP contribution in [0.2, 0.25) is 0 Å². The Labute approximate surface area is 118 Å². The van der Waals surface area contributed by atoms with Gasteiger partial charge in [0.1, 0.15) is 5.82 Å². The number of hydrogen-bond acceptors (Lipinski definition) is 3. The zero-order valence-electron chi connectivity index (χ0n) is 11.7. The van der Waals surface area contributed by atoms with Gasteiger partial charge in [0.25, 0.3) is 0 Å². The van der Waals surface area contributed by atoms with Crippen LogP contribution in [0.15, 0.2) is 18.2 Å². The molecule has 0 unspecified atom stereocenters. The fraction of sp³-hybridized carbons (Fsp3) is 0.533. The van der Waals surface area contributed by atoms with E-state index >= 15 is 0 Å². The maximum Gasteiger partial charge on any atom is 0.241 e. The molecule has 5 heteroatoms. The lowest BCUT2D eigenvalue weighted by molar-refractivity contribution is -0.126. The van der Waals surface area contributed by atoms with Gasteiger partial charge in [-0.2, -0.15) is 0 Å². The minimum atomic E-state index is -0.873. The van der Waals surface area contributed by atoms with Crippen LogP contribution in [-0.4, -0.2) is 16.6 Å². The first kappa shape index (κ1) is 14.8. The van der Waals surface area contributed by atoms with Gasteiger partial charge >= 0.3 is 0 Å². The fourth-order valence-corrected chi connectivity index (χ4v) is 2.63. The summed E-state index contributed by atoms with van der Waals surface area (Å²) in [5.41, 5.74) is 5.81. The van der Waals surface area contributed by atoms with Crippen molar-refractivity contribution in [3.05, 3.63) is 29.6 Å². The molecule has 0 aliphatic heterocycles. The highest BCUT2D eigenvalue weighted by Gasteiger charge is 2.31. The summed E-state index contributed by atoms with van der Waals surface area (Å²) in [5.74, 6) is -0.561. The standard InChI is InChI=1S/C15H21FN2O2/c1-11-9-12(16)5-6-13(11)17-18-14(19)10-15(20)7-3-2-4-8-15/h5-6,9,17,20H,2-4,7-8,10H2,1H3,(H,18,19). The molecule has 20 heavy (non-hydrogen) atoms. The summed E-state index contributed by atoms with van der Waals surface area (Å²) in [4.78, 5) is 11.9. The Morgan fingerprint density at radius 3 is 2.70 bits per heavy atom. The number of aryl methyl sites for hydroxylation is 1. The maximum absolute atomic E-state index is 13.0. The molecule has 0 heterocycles. The van der Waals surface area contributed by atoms with Crippen molar-refractivity contribution in [1.29, 1.82) is 0 Å². The predicted molar refractivity (Wildman–Crippen MR) is 75.6 cm³/mol. The number of halogens is 1. The number of benzene rings is 1. The Morgan fingerprint density at radius 1 is 1.35 bits per heavy atom. The molecule has 0 atom stereocenters. The highest BCUT2D eigenvalue weighted by Crippen LogP contribution is 2.30. The average molecular weight is 280 g/mol. The van der Waals surface area contributed by atoms with Crippen LogP contribution in [0, 0.1) is 12.7 Å². The third-order valence-corrected chi connectivity index (χ3v) is 3.80. The van der Waals surface area contributed by atoms with E-state index in [0.29, 0.717) is 24.1 Å². The zero-order chi connectivity index (χ0) is 14.6. The van der Waals surface area contributed by atoms with Gasteiger partial charge in [-0.05, 0) is 43.5 Å². The molecule has 1 amide bonds. The number of hydrazine groups is 1. The number of amides is 1. The number of nitrogens with one attached hydrogen (secondary N) is 2. The van der Waals surface area contributed by atoms with E-state index in [0.717, 1.165) is 19.3 Å². The molecule has 0 aromatic heterocycles. The smallest absolute Gasteiger partial charge is 0.241 e. The highest BCUT2D eigenvalue weighted by molar-refractivity contribution is 5.78. The molecule has 1 aromatic rings. The van der Waals surface area contributed by atoms with Crippen LogP contribution in [0.5, 0.6) is 0 Å². The number of carbonyl (C=O) groups is 1. The maximum atomic E-state index is 13.0. The predicted octanol–water partition coefficient (Wildman–Crippen LogP) is 2.66. The van der Waals surface area contributed by atoms with E-state index in [9.17, 15) is 14.3 Å². The summed E-state index contributed by atoms with van der Waals surface area (Å²) in [7, 11) is 0. The molecule has 1 fully saturated rings. The molecule has 2 rings (SSSR count). The van der Waals surface area contributed by atoms with Crippen molar-refractivity contribution in [2.45, 2.75) is 51.0 Å². The van der Waals surface area contributed by atoms with E-state index < -0.39 is 5.60 Å². The molecular weight excluding hydrogens is 259 g/mol. The Kier molecular flexibility index (Phi) is 4.60. The van der Waals surface area contributed by atoms with Crippen molar-refractivity contribution in [3.63, 3.8) is 0 Å². The fourth-order valence-electron chi connectivity index (χ4n) is 2.63. The van der Waals surface area contributed by atoms with Gasteiger partial charge in [-0.25, -0.2) is 4.39 Å². The largest absolute Gasteiger partial charge is 0.389 e. The molecule has 1 aromatic carbocycles. The van der Waals surface area contributed by atoms with Gasteiger partial charge in [0.15, 0.2) is 0 Å². The summed E-state index contributed by atoms with van der Waals surface area (Å²) < 4.78 is 13.0. The minimum absolute atomic E-state index is 0.0975. The van der Waals surface area contributed by atoms with E-state index in [1.54, 1.807) is 13.0 Å². The lowest BCUT2D eigenvalue weighted by Gasteiger charge is -2.31. The van der Waals surface area contributed by atoms with Crippen LogP contribution in [0.4, 0.5) is 10.1 Å². The van der Waals surface area contributed by atoms with Crippen molar-refractivity contribution in [2.75, 3.05) is 5.43 Å². The molecule has 1 saturated carbocycles. The third kappa shape index (κ3) is 3.93. The molecule has 1 aliphatic carbocycles. The Bertz CT molecular complexity index is 485.